The minimum absolute atomic E-state index is 0.0201. The summed E-state index contributed by atoms with van der Waals surface area (Å²) >= 11 is 7.32. The molecule has 2 aromatic carbocycles. The Morgan fingerprint density at radius 1 is 1.13 bits per heavy atom. The van der Waals surface area contributed by atoms with Crippen LogP contribution in [0.25, 0.3) is 0 Å². The molecule has 1 fully saturated rings. The molecule has 0 atom stereocenters. The van der Waals surface area contributed by atoms with E-state index in [0.29, 0.717) is 42.6 Å². The number of nitro groups is 1. The van der Waals surface area contributed by atoms with E-state index in [4.69, 9.17) is 16.3 Å². The van der Waals surface area contributed by atoms with Crippen molar-refractivity contribution < 1.29 is 19.2 Å². The van der Waals surface area contributed by atoms with Crippen molar-refractivity contribution >= 4 is 46.6 Å². The predicted molar refractivity (Wildman–Crippen MR) is 120 cm³/mol. The van der Waals surface area contributed by atoms with Crippen LogP contribution in [0.1, 0.15) is 17.3 Å². The fraction of sp³-hybridized carbons (Fsp3) is 0.333. The molecule has 0 aromatic heterocycles. The van der Waals surface area contributed by atoms with Gasteiger partial charge in [0.2, 0.25) is 5.91 Å². The fourth-order valence-corrected chi connectivity index (χ4v) is 4.17. The second kappa shape index (κ2) is 10.5. The predicted octanol–water partition coefficient (Wildman–Crippen LogP) is 3.87. The third kappa shape index (κ3) is 5.89. The molecule has 1 aliphatic heterocycles. The zero-order chi connectivity index (χ0) is 22.4. The van der Waals surface area contributed by atoms with E-state index in [1.807, 2.05) is 17.0 Å². The fourth-order valence-electron chi connectivity index (χ4n) is 3.24. The quantitative estimate of drug-likeness (QED) is 0.266. The molecule has 2 aromatic rings. The van der Waals surface area contributed by atoms with Crippen LogP contribution in [0.5, 0.6) is 0 Å². The highest BCUT2D eigenvalue weighted by atomic mass is 35.5. The van der Waals surface area contributed by atoms with Crippen LogP contribution in [-0.2, 0) is 9.53 Å². The van der Waals surface area contributed by atoms with Crippen molar-refractivity contribution in [2.24, 2.45) is 0 Å². The Hall–Kier alpha value is -2.78. The van der Waals surface area contributed by atoms with Crippen molar-refractivity contribution in [3.63, 3.8) is 0 Å². The van der Waals surface area contributed by atoms with Crippen molar-refractivity contribution in [3.05, 3.63) is 63.2 Å². The van der Waals surface area contributed by atoms with Crippen LogP contribution < -0.4 is 4.90 Å². The number of ether oxygens (including phenoxy) is 1. The molecular weight excluding hydrogens is 442 g/mol. The van der Waals surface area contributed by atoms with Gasteiger partial charge in [0.25, 0.3) is 5.69 Å². The number of piperazine rings is 1. The van der Waals surface area contributed by atoms with Crippen molar-refractivity contribution in [2.75, 3.05) is 43.4 Å². The van der Waals surface area contributed by atoms with E-state index in [-0.39, 0.29) is 23.8 Å². The minimum atomic E-state index is -0.592. The van der Waals surface area contributed by atoms with Gasteiger partial charge in [0.15, 0.2) is 0 Å². The number of nitro benzene ring substituents is 1. The number of amides is 1. The summed E-state index contributed by atoms with van der Waals surface area (Å²) in [5, 5.41) is 12.2. The molecule has 31 heavy (non-hydrogen) atoms. The lowest BCUT2D eigenvalue weighted by Gasteiger charge is -2.35. The number of nitrogens with zero attached hydrogens (tertiary/aromatic N) is 3. The van der Waals surface area contributed by atoms with Gasteiger partial charge in [0, 0.05) is 42.2 Å². The number of hydrogen-bond acceptors (Lipinski definition) is 7. The maximum atomic E-state index is 12.5. The van der Waals surface area contributed by atoms with Crippen molar-refractivity contribution in [2.45, 2.75) is 11.8 Å². The molecule has 10 heteroatoms. The zero-order valence-electron chi connectivity index (χ0n) is 17.0. The summed E-state index contributed by atoms with van der Waals surface area (Å²) in [6.07, 6.45) is 0. The number of rotatable bonds is 7. The molecule has 0 N–H and O–H groups in total. The minimum Gasteiger partial charge on any atom is -0.462 e. The molecule has 3 rings (SSSR count). The highest BCUT2D eigenvalue weighted by molar-refractivity contribution is 8.00. The van der Waals surface area contributed by atoms with E-state index in [1.54, 1.807) is 30.0 Å². The van der Waals surface area contributed by atoms with Crippen LogP contribution in [0.15, 0.2) is 47.4 Å². The third-order valence-electron chi connectivity index (χ3n) is 4.83. The van der Waals surface area contributed by atoms with E-state index >= 15 is 0 Å². The lowest BCUT2D eigenvalue weighted by molar-refractivity contribution is -0.384. The number of thioether (sulfide) groups is 1. The number of hydrogen-bond donors (Lipinski definition) is 0. The number of anilines is 1. The number of halogens is 1. The zero-order valence-corrected chi connectivity index (χ0v) is 18.5. The molecule has 0 unspecified atom stereocenters. The van der Waals surface area contributed by atoms with Crippen LogP contribution in [0, 0.1) is 10.1 Å². The van der Waals surface area contributed by atoms with Gasteiger partial charge < -0.3 is 14.5 Å². The van der Waals surface area contributed by atoms with Gasteiger partial charge in [-0.3, -0.25) is 14.9 Å². The summed E-state index contributed by atoms with van der Waals surface area (Å²) < 4.78 is 4.92. The van der Waals surface area contributed by atoms with Gasteiger partial charge in [-0.25, -0.2) is 4.79 Å². The first-order valence-electron chi connectivity index (χ1n) is 9.75. The SMILES string of the molecule is CCOC(=O)c1ccc(N2CCN(C(=O)CSc3ccc(Cl)cc3)CC2)c([N+](=O)[O-])c1. The number of carbonyl (C=O) groups is 2. The average Bonchev–Trinajstić information content (AvgIpc) is 2.78. The molecule has 1 saturated heterocycles. The van der Waals surface area contributed by atoms with Gasteiger partial charge in [0.1, 0.15) is 5.69 Å². The Kier molecular flexibility index (Phi) is 7.75. The molecular formula is C21H22ClN3O5S. The van der Waals surface area contributed by atoms with Crippen molar-refractivity contribution in [1.82, 2.24) is 4.90 Å². The van der Waals surface area contributed by atoms with E-state index in [0.717, 1.165) is 4.90 Å². The van der Waals surface area contributed by atoms with E-state index < -0.39 is 10.9 Å². The largest absolute Gasteiger partial charge is 0.462 e. The van der Waals surface area contributed by atoms with E-state index in [2.05, 4.69) is 0 Å². The van der Waals surface area contributed by atoms with Gasteiger partial charge in [-0.2, -0.15) is 0 Å². The molecule has 0 radical (unpaired) electrons. The summed E-state index contributed by atoms with van der Waals surface area (Å²) in [6, 6.07) is 11.7. The van der Waals surface area contributed by atoms with Crippen molar-refractivity contribution in [1.29, 1.82) is 0 Å². The molecule has 0 spiro atoms. The van der Waals surface area contributed by atoms with Gasteiger partial charge >= 0.3 is 5.97 Å². The third-order valence-corrected chi connectivity index (χ3v) is 6.08. The first-order valence-corrected chi connectivity index (χ1v) is 11.1. The first kappa shape index (κ1) is 22.9. The molecule has 1 aliphatic rings. The smallest absolute Gasteiger partial charge is 0.338 e. The highest BCUT2D eigenvalue weighted by Crippen LogP contribution is 2.30. The Bertz CT molecular complexity index is 962. The molecule has 164 valence electrons. The summed E-state index contributed by atoms with van der Waals surface area (Å²) in [5.74, 6) is -0.256. The van der Waals surface area contributed by atoms with Gasteiger partial charge in [0.05, 0.1) is 22.8 Å². The normalized spacial score (nSPS) is 13.7. The Morgan fingerprint density at radius 2 is 1.81 bits per heavy atom. The van der Waals surface area contributed by atoms with Crippen LogP contribution in [0.2, 0.25) is 5.02 Å². The van der Waals surface area contributed by atoms with E-state index in [9.17, 15) is 19.7 Å². The Balaban J connectivity index is 1.60. The Labute approximate surface area is 189 Å². The van der Waals surface area contributed by atoms with Crippen LogP contribution in [-0.4, -0.2) is 60.2 Å². The maximum absolute atomic E-state index is 12.5. The number of esters is 1. The lowest BCUT2D eigenvalue weighted by Crippen LogP contribution is -2.49. The second-order valence-electron chi connectivity index (χ2n) is 6.79. The molecule has 1 heterocycles. The monoisotopic (exact) mass is 463 g/mol. The van der Waals surface area contributed by atoms with Crippen LogP contribution in [0.4, 0.5) is 11.4 Å². The van der Waals surface area contributed by atoms with Gasteiger partial charge in [-0.1, -0.05) is 11.6 Å². The lowest BCUT2D eigenvalue weighted by atomic mass is 10.1. The summed E-state index contributed by atoms with van der Waals surface area (Å²) in [7, 11) is 0. The van der Waals surface area contributed by atoms with E-state index in [1.165, 1.54) is 23.9 Å². The Morgan fingerprint density at radius 3 is 2.42 bits per heavy atom. The summed E-state index contributed by atoms with van der Waals surface area (Å²) in [6.45, 7) is 3.75. The number of benzene rings is 2. The standard InChI is InChI=1S/C21H22ClN3O5S/c1-2-30-21(27)15-3-8-18(19(13-15)25(28)29)23-9-11-24(12-10-23)20(26)14-31-17-6-4-16(22)5-7-17/h3-8,13H,2,9-12,14H2,1H3. The molecule has 0 saturated carbocycles. The highest BCUT2D eigenvalue weighted by Gasteiger charge is 2.27. The average molecular weight is 464 g/mol. The summed E-state index contributed by atoms with van der Waals surface area (Å²) in [5.41, 5.74) is 0.426. The molecule has 8 nitrogen and oxygen atoms in total. The number of carbonyl (C=O) groups excluding carboxylic acids is 2. The van der Waals surface area contributed by atoms with Gasteiger partial charge in [-0.05, 0) is 43.3 Å². The molecule has 1 amide bonds. The molecule has 0 bridgehead atoms. The van der Waals surface area contributed by atoms with Crippen molar-refractivity contribution in [3.8, 4) is 0 Å². The van der Waals surface area contributed by atoms with Crippen LogP contribution >= 0.6 is 23.4 Å². The summed E-state index contributed by atoms with van der Waals surface area (Å²) in [4.78, 5) is 40.1. The second-order valence-corrected chi connectivity index (χ2v) is 8.28. The van der Waals surface area contributed by atoms with Crippen LogP contribution in [0.3, 0.4) is 0 Å². The topological polar surface area (TPSA) is 93.0 Å². The first-order chi connectivity index (χ1) is 14.9. The molecule has 0 aliphatic carbocycles. The maximum Gasteiger partial charge on any atom is 0.338 e. The van der Waals surface area contributed by atoms with Gasteiger partial charge in [-0.15, -0.1) is 11.8 Å².